The Balaban J connectivity index is 1.85. The molecule has 5 nitrogen and oxygen atoms in total. The third kappa shape index (κ3) is 2.71. The molecule has 0 unspecified atom stereocenters. The molecular weight excluding hydrogens is 272 g/mol. The van der Waals surface area contributed by atoms with Gasteiger partial charge in [-0.25, -0.2) is 4.79 Å². The van der Waals surface area contributed by atoms with Crippen LogP contribution in [-0.2, 0) is 14.3 Å². The Labute approximate surface area is 113 Å². The van der Waals surface area contributed by atoms with Gasteiger partial charge in [0.15, 0.2) is 0 Å². The summed E-state index contributed by atoms with van der Waals surface area (Å²) in [7, 11) is 0. The first-order valence-corrected chi connectivity index (χ1v) is 7.31. The number of β-lactam (4-membered cyclic amide) rings is 1. The second-order valence-corrected chi connectivity index (χ2v) is 5.55. The Bertz CT molecular complexity index is 467. The fraction of sp³-hybridized carbons (Fsp3) is 0.364. The Hall–Kier alpha value is -1.39. The van der Waals surface area contributed by atoms with Crippen LogP contribution in [0.5, 0.6) is 0 Å². The highest BCUT2D eigenvalue weighted by Gasteiger charge is 2.43. The van der Waals surface area contributed by atoms with Gasteiger partial charge >= 0.3 is 5.97 Å². The molecule has 1 fully saturated rings. The van der Waals surface area contributed by atoms with Crippen LogP contribution in [0.3, 0.4) is 0 Å². The predicted octanol–water partition coefficient (Wildman–Crippen LogP) is 1.45. The van der Waals surface area contributed by atoms with Crippen molar-refractivity contribution < 1.29 is 14.3 Å². The number of fused-ring (bicyclic) bond motifs is 1. The molecule has 2 aliphatic rings. The molecule has 0 N–H and O–H groups in total. The Morgan fingerprint density at radius 3 is 3.33 bits per heavy atom. The largest absolute Gasteiger partial charge is 0.450 e. The Kier molecular flexibility index (Phi) is 4.33. The van der Waals surface area contributed by atoms with Crippen LogP contribution in [0, 0.1) is 11.3 Å². The Morgan fingerprint density at radius 1 is 1.78 bits per heavy atom. The van der Waals surface area contributed by atoms with E-state index in [4.69, 9.17) is 10.00 Å². The third-order valence-electron chi connectivity index (χ3n) is 2.44. The number of thioether (sulfide) groups is 2. The second-order valence-electron chi connectivity index (χ2n) is 3.49. The number of hydrogen-bond acceptors (Lipinski definition) is 6. The lowest BCUT2D eigenvalue weighted by atomic mass is 10.1. The number of nitriles is 1. The minimum Gasteiger partial charge on any atom is -0.450 e. The van der Waals surface area contributed by atoms with E-state index >= 15 is 0 Å². The van der Waals surface area contributed by atoms with Crippen LogP contribution in [0.1, 0.15) is 6.42 Å². The molecule has 0 radical (unpaired) electrons. The number of rotatable bonds is 4. The van der Waals surface area contributed by atoms with Crippen LogP contribution in [0.4, 0.5) is 0 Å². The number of nitrogens with zero attached hydrogens (tertiary/aromatic N) is 2. The zero-order chi connectivity index (χ0) is 13.0. The van der Waals surface area contributed by atoms with Crippen molar-refractivity contribution in [3.8, 4) is 6.07 Å². The van der Waals surface area contributed by atoms with Crippen molar-refractivity contribution >= 4 is 35.4 Å². The van der Waals surface area contributed by atoms with Gasteiger partial charge in [0, 0.05) is 11.8 Å². The first kappa shape index (κ1) is 13.1. The summed E-state index contributed by atoms with van der Waals surface area (Å²) in [5.74, 6) is 0.341. The van der Waals surface area contributed by atoms with Gasteiger partial charge in [0.2, 0.25) is 5.91 Å². The monoisotopic (exact) mass is 282 g/mol. The SMILES string of the molecule is N#C/C=C\SCOC(=O)C1=CCS[C@@H]2CC(=O)N12. The molecule has 2 heterocycles. The average molecular weight is 282 g/mol. The van der Waals surface area contributed by atoms with Crippen molar-refractivity contribution in [2.75, 3.05) is 11.7 Å². The average Bonchev–Trinajstić information content (AvgIpc) is 2.36. The summed E-state index contributed by atoms with van der Waals surface area (Å²) >= 11 is 2.85. The summed E-state index contributed by atoms with van der Waals surface area (Å²) in [6.45, 7) is 0. The number of carbonyl (C=O) groups excluding carboxylic acids is 2. The summed E-state index contributed by atoms with van der Waals surface area (Å²) in [5.41, 5.74) is 0.347. The molecule has 0 spiro atoms. The van der Waals surface area contributed by atoms with Gasteiger partial charge in [0.05, 0.1) is 17.9 Å². The molecule has 1 atom stereocenters. The number of esters is 1. The summed E-state index contributed by atoms with van der Waals surface area (Å²) in [5, 5.41) is 9.91. The van der Waals surface area contributed by atoms with Crippen molar-refractivity contribution in [1.29, 1.82) is 5.26 Å². The van der Waals surface area contributed by atoms with Gasteiger partial charge in [0.25, 0.3) is 0 Å². The van der Waals surface area contributed by atoms with Gasteiger partial charge in [-0.05, 0) is 11.5 Å². The molecule has 0 aliphatic carbocycles. The standard InChI is InChI=1S/C11H10N2O3S2/c12-3-1-4-17-7-16-11(15)8-2-5-18-10-6-9(14)13(8)10/h1-2,4,10H,5-7H2/b4-1-/t10-/m1/s1. The van der Waals surface area contributed by atoms with E-state index in [-0.39, 0.29) is 17.2 Å². The van der Waals surface area contributed by atoms with Crippen LogP contribution < -0.4 is 0 Å². The summed E-state index contributed by atoms with van der Waals surface area (Å²) in [4.78, 5) is 24.7. The zero-order valence-electron chi connectivity index (χ0n) is 9.37. The molecule has 18 heavy (non-hydrogen) atoms. The molecule has 94 valence electrons. The third-order valence-corrected chi connectivity index (χ3v) is 4.14. The molecule has 1 saturated heterocycles. The zero-order valence-corrected chi connectivity index (χ0v) is 11.0. The summed E-state index contributed by atoms with van der Waals surface area (Å²) in [6, 6.07) is 1.84. The van der Waals surface area contributed by atoms with E-state index in [9.17, 15) is 9.59 Å². The molecule has 7 heteroatoms. The van der Waals surface area contributed by atoms with Crippen LogP contribution >= 0.6 is 23.5 Å². The van der Waals surface area contributed by atoms with Gasteiger partial charge < -0.3 is 4.74 Å². The lowest BCUT2D eigenvalue weighted by Crippen LogP contribution is -2.53. The first-order chi connectivity index (χ1) is 8.74. The van der Waals surface area contributed by atoms with Gasteiger partial charge in [-0.2, -0.15) is 5.26 Å². The number of amides is 1. The molecular formula is C11H10N2O3S2. The minimum absolute atomic E-state index is 0.0348. The Morgan fingerprint density at radius 2 is 2.61 bits per heavy atom. The van der Waals surface area contributed by atoms with E-state index in [0.717, 1.165) is 5.75 Å². The molecule has 0 aromatic rings. The fourth-order valence-corrected chi connectivity index (χ4v) is 3.14. The topological polar surface area (TPSA) is 70.4 Å². The maximum atomic E-state index is 11.8. The van der Waals surface area contributed by atoms with Crippen LogP contribution in [0.15, 0.2) is 23.3 Å². The molecule has 2 aliphatic heterocycles. The number of carbonyl (C=O) groups is 2. The summed E-state index contributed by atoms with van der Waals surface area (Å²) in [6.07, 6.45) is 3.52. The quantitative estimate of drug-likeness (QED) is 0.255. The molecule has 0 aromatic carbocycles. The second kappa shape index (κ2) is 5.98. The number of ether oxygens (including phenoxy) is 1. The number of allylic oxidation sites excluding steroid dienone is 1. The smallest absolute Gasteiger partial charge is 0.355 e. The lowest BCUT2D eigenvalue weighted by molar-refractivity contribution is -0.148. The van der Waals surface area contributed by atoms with E-state index in [1.165, 1.54) is 22.7 Å². The predicted molar refractivity (Wildman–Crippen MR) is 69.1 cm³/mol. The molecule has 0 aromatic heterocycles. The van der Waals surface area contributed by atoms with Gasteiger partial charge in [0.1, 0.15) is 11.6 Å². The number of hydrogen-bond donors (Lipinski definition) is 0. The molecule has 0 bridgehead atoms. The van der Waals surface area contributed by atoms with Crippen molar-refractivity contribution in [1.82, 2.24) is 4.90 Å². The van der Waals surface area contributed by atoms with E-state index in [2.05, 4.69) is 0 Å². The van der Waals surface area contributed by atoms with Gasteiger partial charge in [-0.15, -0.1) is 11.8 Å². The van der Waals surface area contributed by atoms with Crippen LogP contribution in [-0.4, -0.2) is 33.8 Å². The van der Waals surface area contributed by atoms with Crippen molar-refractivity contribution in [3.05, 3.63) is 23.3 Å². The van der Waals surface area contributed by atoms with E-state index in [1.807, 2.05) is 6.07 Å². The minimum atomic E-state index is -0.480. The van der Waals surface area contributed by atoms with E-state index in [1.54, 1.807) is 23.2 Å². The highest BCUT2D eigenvalue weighted by Crippen LogP contribution is 2.37. The summed E-state index contributed by atoms with van der Waals surface area (Å²) < 4.78 is 5.02. The fourth-order valence-electron chi connectivity index (χ4n) is 1.61. The highest BCUT2D eigenvalue weighted by atomic mass is 32.2. The van der Waals surface area contributed by atoms with Gasteiger partial charge in [-0.1, -0.05) is 11.8 Å². The van der Waals surface area contributed by atoms with E-state index < -0.39 is 5.97 Å². The molecule has 1 amide bonds. The van der Waals surface area contributed by atoms with Crippen molar-refractivity contribution in [2.24, 2.45) is 0 Å². The normalized spacial score (nSPS) is 21.9. The lowest BCUT2D eigenvalue weighted by Gasteiger charge is -2.42. The maximum absolute atomic E-state index is 11.8. The van der Waals surface area contributed by atoms with Crippen molar-refractivity contribution in [3.63, 3.8) is 0 Å². The maximum Gasteiger partial charge on any atom is 0.355 e. The van der Waals surface area contributed by atoms with Crippen LogP contribution in [0.25, 0.3) is 0 Å². The molecule has 2 rings (SSSR count). The van der Waals surface area contributed by atoms with Gasteiger partial charge in [-0.3, -0.25) is 9.69 Å². The van der Waals surface area contributed by atoms with E-state index in [0.29, 0.717) is 12.1 Å². The first-order valence-electron chi connectivity index (χ1n) is 5.21. The molecule has 0 saturated carbocycles. The van der Waals surface area contributed by atoms with Crippen molar-refractivity contribution in [2.45, 2.75) is 11.8 Å². The van der Waals surface area contributed by atoms with Crippen LogP contribution in [0.2, 0.25) is 0 Å². The highest BCUT2D eigenvalue weighted by molar-refractivity contribution is 8.02.